The summed E-state index contributed by atoms with van der Waals surface area (Å²) >= 11 is 0. The molecule has 0 aliphatic carbocycles. The molecule has 0 fully saturated rings. The first-order valence-corrected chi connectivity index (χ1v) is 10.1. The zero-order chi connectivity index (χ0) is 19.9. The van der Waals surface area contributed by atoms with Crippen molar-refractivity contribution in [1.82, 2.24) is 0 Å². The molecule has 3 aromatic rings. The molecule has 0 radical (unpaired) electrons. The normalized spacial score (nSPS) is 10.6. The summed E-state index contributed by atoms with van der Waals surface area (Å²) in [5, 5.41) is 0. The van der Waals surface area contributed by atoms with Gasteiger partial charge in [0.15, 0.2) is 0 Å². The minimum absolute atomic E-state index is 1.08. The van der Waals surface area contributed by atoms with E-state index in [2.05, 4.69) is 87.7 Å². The van der Waals surface area contributed by atoms with E-state index < -0.39 is 0 Å². The van der Waals surface area contributed by atoms with E-state index in [0.29, 0.717) is 0 Å². The van der Waals surface area contributed by atoms with Crippen LogP contribution in [0.1, 0.15) is 44.5 Å². The molecule has 142 valence electrons. The molecule has 0 unspecified atom stereocenters. The zero-order valence-corrected chi connectivity index (χ0v) is 17.2. The maximum absolute atomic E-state index is 3.82. The van der Waals surface area contributed by atoms with E-state index in [1.807, 2.05) is 12.2 Å². The Bertz CT molecular complexity index is 859. The van der Waals surface area contributed by atoms with E-state index in [9.17, 15) is 0 Å². The van der Waals surface area contributed by atoms with Gasteiger partial charge in [0.1, 0.15) is 0 Å². The zero-order valence-electron chi connectivity index (χ0n) is 17.2. The second kappa shape index (κ2) is 9.37. The Labute approximate surface area is 170 Å². The second-order valence-corrected chi connectivity index (χ2v) is 7.60. The van der Waals surface area contributed by atoms with Crippen LogP contribution in [0.25, 0.3) is 12.2 Å². The molecule has 0 bridgehead atoms. The van der Waals surface area contributed by atoms with Crippen molar-refractivity contribution >= 4 is 12.2 Å². The fourth-order valence-corrected chi connectivity index (χ4v) is 3.67. The molecule has 0 heterocycles. The van der Waals surface area contributed by atoms with Gasteiger partial charge >= 0.3 is 0 Å². The summed E-state index contributed by atoms with van der Waals surface area (Å²) in [7, 11) is 0. The third kappa shape index (κ3) is 5.10. The molecule has 0 aromatic heterocycles. The average molecular weight is 367 g/mol. The van der Waals surface area contributed by atoms with Gasteiger partial charge in [-0.2, -0.15) is 0 Å². The smallest absolute Gasteiger partial charge is 0.0236 e. The number of benzene rings is 3. The summed E-state index contributed by atoms with van der Waals surface area (Å²) in [4.78, 5) is 0. The minimum Gasteiger partial charge on any atom is -0.0985 e. The quantitative estimate of drug-likeness (QED) is 0.397. The number of rotatable bonds is 8. The van der Waals surface area contributed by atoms with Crippen molar-refractivity contribution in [2.24, 2.45) is 0 Å². The van der Waals surface area contributed by atoms with Gasteiger partial charge in [-0.1, -0.05) is 86.0 Å². The predicted molar refractivity (Wildman–Crippen MR) is 124 cm³/mol. The van der Waals surface area contributed by atoms with Crippen LogP contribution in [0.5, 0.6) is 0 Å². The molecule has 0 aliphatic heterocycles. The summed E-state index contributed by atoms with van der Waals surface area (Å²) in [6.07, 6.45) is 8.11. The van der Waals surface area contributed by atoms with Gasteiger partial charge in [-0.25, -0.2) is 0 Å². The largest absolute Gasteiger partial charge is 0.0985 e. The van der Waals surface area contributed by atoms with Gasteiger partial charge in [0, 0.05) is 0 Å². The van der Waals surface area contributed by atoms with E-state index in [4.69, 9.17) is 0 Å². The molecule has 0 saturated heterocycles. The van der Waals surface area contributed by atoms with Gasteiger partial charge in [-0.3, -0.25) is 0 Å². The van der Waals surface area contributed by atoms with Gasteiger partial charge in [0.2, 0.25) is 0 Å². The van der Waals surface area contributed by atoms with Crippen molar-refractivity contribution in [2.45, 2.75) is 39.5 Å². The van der Waals surface area contributed by atoms with Crippen LogP contribution in [0, 0.1) is 13.8 Å². The second-order valence-electron chi connectivity index (χ2n) is 7.60. The van der Waals surface area contributed by atoms with Gasteiger partial charge < -0.3 is 0 Å². The highest BCUT2D eigenvalue weighted by Crippen LogP contribution is 2.20. The molecular weight excluding hydrogens is 336 g/mol. The molecule has 3 aromatic carbocycles. The molecule has 0 amide bonds. The van der Waals surface area contributed by atoms with Gasteiger partial charge in [-0.15, -0.1) is 0 Å². The van der Waals surface area contributed by atoms with E-state index in [1.54, 1.807) is 0 Å². The number of hydrogen-bond donors (Lipinski definition) is 0. The first-order chi connectivity index (χ1) is 13.6. The third-order valence-electron chi connectivity index (χ3n) is 5.59. The first-order valence-electron chi connectivity index (χ1n) is 10.1. The fraction of sp³-hybridized carbons (Fsp3) is 0.214. The van der Waals surface area contributed by atoms with Crippen LogP contribution in [0.15, 0.2) is 73.8 Å². The van der Waals surface area contributed by atoms with Crippen molar-refractivity contribution in [3.8, 4) is 0 Å². The molecule has 0 aliphatic rings. The lowest BCUT2D eigenvalue weighted by Crippen LogP contribution is -2.00. The SMILES string of the molecule is C=Cc1ccc(CCc2cc(C)c(CCc3ccc(C=C)cc3)cc2C)cc1. The van der Waals surface area contributed by atoms with Gasteiger partial charge in [0.25, 0.3) is 0 Å². The van der Waals surface area contributed by atoms with Gasteiger partial charge in [-0.05, 0) is 84.0 Å². The molecule has 0 atom stereocenters. The Hall–Kier alpha value is -2.86. The Morgan fingerprint density at radius 2 is 0.929 bits per heavy atom. The Morgan fingerprint density at radius 1 is 0.571 bits per heavy atom. The van der Waals surface area contributed by atoms with Crippen LogP contribution in [0.2, 0.25) is 0 Å². The summed E-state index contributed by atoms with van der Waals surface area (Å²) in [5.41, 5.74) is 10.9. The molecule has 0 N–H and O–H groups in total. The van der Waals surface area contributed by atoms with Crippen LogP contribution in [0.4, 0.5) is 0 Å². The molecule has 0 spiro atoms. The van der Waals surface area contributed by atoms with Crippen LogP contribution in [-0.4, -0.2) is 0 Å². The lowest BCUT2D eigenvalue weighted by Gasteiger charge is -2.13. The standard InChI is InChI=1S/C28H30/c1-5-23-7-11-25(12-8-23)15-17-27-19-22(4)28(20-21(27)3)18-16-26-13-9-24(6-2)10-14-26/h5-14,19-20H,1-2,15-18H2,3-4H3. The molecule has 3 rings (SSSR count). The fourth-order valence-electron chi connectivity index (χ4n) is 3.67. The maximum Gasteiger partial charge on any atom is -0.0236 e. The topological polar surface area (TPSA) is 0 Å². The lowest BCUT2D eigenvalue weighted by molar-refractivity contribution is 0.919. The number of aryl methyl sites for hydroxylation is 6. The summed E-state index contributed by atoms with van der Waals surface area (Å²) in [6.45, 7) is 12.1. The molecule has 0 saturated carbocycles. The van der Waals surface area contributed by atoms with Gasteiger partial charge in [0.05, 0.1) is 0 Å². The highest BCUT2D eigenvalue weighted by atomic mass is 14.1. The Balaban J connectivity index is 1.63. The van der Waals surface area contributed by atoms with Crippen LogP contribution < -0.4 is 0 Å². The highest BCUT2D eigenvalue weighted by molar-refractivity contribution is 5.48. The average Bonchev–Trinajstić information content (AvgIpc) is 2.73. The third-order valence-corrected chi connectivity index (χ3v) is 5.59. The summed E-state index contributed by atoms with van der Waals surface area (Å²) in [6, 6.07) is 22.2. The summed E-state index contributed by atoms with van der Waals surface area (Å²) < 4.78 is 0. The molecular formula is C28H30. The van der Waals surface area contributed by atoms with Crippen molar-refractivity contribution in [1.29, 1.82) is 0 Å². The monoisotopic (exact) mass is 366 g/mol. The summed E-state index contributed by atoms with van der Waals surface area (Å²) in [5.74, 6) is 0. The van der Waals surface area contributed by atoms with Crippen LogP contribution in [0.3, 0.4) is 0 Å². The van der Waals surface area contributed by atoms with Crippen molar-refractivity contribution in [3.63, 3.8) is 0 Å². The Kier molecular flexibility index (Phi) is 6.66. The first kappa shape index (κ1) is 19.9. The van der Waals surface area contributed by atoms with E-state index >= 15 is 0 Å². The molecule has 0 nitrogen and oxygen atoms in total. The van der Waals surface area contributed by atoms with E-state index in [-0.39, 0.29) is 0 Å². The maximum atomic E-state index is 3.82. The Morgan fingerprint density at radius 3 is 1.25 bits per heavy atom. The highest BCUT2D eigenvalue weighted by Gasteiger charge is 2.06. The minimum atomic E-state index is 1.08. The van der Waals surface area contributed by atoms with E-state index in [0.717, 1.165) is 25.7 Å². The molecule has 0 heteroatoms. The lowest BCUT2D eigenvalue weighted by atomic mass is 9.92. The van der Waals surface area contributed by atoms with Crippen molar-refractivity contribution < 1.29 is 0 Å². The van der Waals surface area contributed by atoms with Crippen LogP contribution >= 0.6 is 0 Å². The molecule has 28 heavy (non-hydrogen) atoms. The van der Waals surface area contributed by atoms with Crippen molar-refractivity contribution in [2.75, 3.05) is 0 Å². The van der Waals surface area contributed by atoms with Crippen LogP contribution in [-0.2, 0) is 25.7 Å². The predicted octanol–water partition coefficient (Wildman–Crippen LogP) is 7.16. The number of hydrogen-bond acceptors (Lipinski definition) is 0. The van der Waals surface area contributed by atoms with Crippen molar-refractivity contribution in [3.05, 3.63) is 118 Å². The van der Waals surface area contributed by atoms with E-state index in [1.165, 1.54) is 44.5 Å².